The Morgan fingerprint density at radius 3 is 2.55 bits per heavy atom. The van der Waals surface area contributed by atoms with Gasteiger partial charge in [0.05, 0.1) is 7.11 Å². The Hall–Kier alpha value is -1.35. The highest BCUT2D eigenvalue weighted by atomic mass is 16.5. The number of hydrogen-bond acceptors (Lipinski definition) is 3. The van der Waals surface area contributed by atoms with Gasteiger partial charge in [0.2, 0.25) is 0 Å². The van der Waals surface area contributed by atoms with Crippen LogP contribution in [0.4, 0.5) is 0 Å². The topological polar surface area (TPSA) is 38.3 Å². The molecule has 20 heavy (non-hydrogen) atoms. The molecule has 2 saturated heterocycles. The molecule has 0 radical (unpaired) electrons. The summed E-state index contributed by atoms with van der Waals surface area (Å²) >= 11 is 0. The van der Waals surface area contributed by atoms with E-state index in [-0.39, 0.29) is 5.92 Å². The number of nitrogens with one attached hydrogen (secondary N) is 1. The number of methoxy groups -OCH3 is 1. The molecule has 0 spiro atoms. The van der Waals surface area contributed by atoms with E-state index in [4.69, 9.17) is 4.74 Å². The number of Topliss-reactive ketones (excluding diaryl/α,β-unsaturated/α-hetero) is 1. The first-order chi connectivity index (χ1) is 9.67. The lowest BCUT2D eigenvalue weighted by atomic mass is 9.77. The fraction of sp³-hybridized carbons (Fsp3) is 0.588. The summed E-state index contributed by atoms with van der Waals surface area (Å²) in [5, 5.41) is 3.65. The largest absolute Gasteiger partial charge is 0.496 e. The lowest BCUT2D eigenvalue weighted by molar-refractivity contribution is 0.0825. The van der Waals surface area contributed by atoms with Gasteiger partial charge in [-0.1, -0.05) is 6.42 Å². The van der Waals surface area contributed by atoms with E-state index < -0.39 is 0 Å². The van der Waals surface area contributed by atoms with Gasteiger partial charge in [-0.05, 0) is 56.4 Å². The number of ether oxygens (including phenoxy) is 1. The van der Waals surface area contributed by atoms with E-state index in [0.717, 1.165) is 29.7 Å². The van der Waals surface area contributed by atoms with Crippen molar-refractivity contribution in [2.45, 2.75) is 51.1 Å². The fourth-order valence-corrected chi connectivity index (χ4v) is 3.75. The molecule has 2 aliphatic heterocycles. The van der Waals surface area contributed by atoms with Gasteiger partial charge in [-0.25, -0.2) is 0 Å². The van der Waals surface area contributed by atoms with E-state index in [9.17, 15) is 4.79 Å². The quantitative estimate of drug-likeness (QED) is 0.860. The highest BCUT2D eigenvalue weighted by Gasteiger charge is 2.34. The monoisotopic (exact) mass is 273 g/mol. The van der Waals surface area contributed by atoms with Gasteiger partial charge in [0, 0.05) is 23.6 Å². The Bertz CT molecular complexity index is 500. The minimum atomic E-state index is 0.194. The van der Waals surface area contributed by atoms with Crippen LogP contribution in [0.2, 0.25) is 0 Å². The van der Waals surface area contributed by atoms with Crippen molar-refractivity contribution in [2.75, 3.05) is 7.11 Å². The number of ketones is 1. The summed E-state index contributed by atoms with van der Waals surface area (Å²) in [6.07, 6.45) is 5.76. The fourth-order valence-electron chi connectivity index (χ4n) is 3.75. The summed E-state index contributed by atoms with van der Waals surface area (Å²) in [5.74, 6) is 1.36. The second-order valence-corrected chi connectivity index (χ2v) is 6.21. The van der Waals surface area contributed by atoms with Gasteiger partial charge in [0.25, 0.3) is 0 Å². The molecule has 2 atom stereocenters. The molecule has 2 bridgehead atoms. The molecule has 3 rings (SSSR count). The molecular formula is C17H23NO2. The minimum Gasteiger partial charge on any atom is -0.496 e. The molecule has 0 aliphatic carbocycles. The van der Waals surface area contributed by atoms with Crippen LogP contribution in [-0.2, 0) is 0 Å². The number of aryl methyl sites for hydroxylation is 1. The van der Waals surface area contributed by atoms with Crippen molar-refractivity contribution in [1.82, 2.24) is 5.32 Å². The first-order valence-corrected chi connectivity index (χ1v) is 7.62. The van der Waals surface area contributed by atoms with Crippen molar-refractivity contribution in [1.29, 1.82) is 0 Å². The SMILES string of the molecule is COc1ccc(C(=O)C2CC3CCCC(C2)N3)cc1C. The molecule has 2 aliphatic rings. The molecular weight excluding hydrogens is 250 g/mol. The van der Waals surface area contributed by atoms with Gasteiger partial charge >= 0.3 is 0 Å². The van der Waals surface area contributed by atoms with Gasteiger partial charge in [0.1, 0.15) is 5.75 Å². The molecule has 0 saturated carbocycles. The number of carbonyl (C=O) groups is 1. The first kappa shape index (κ1) is 13.6. The average Bonchev–Trinajstić information content (AvgIpc) is 2.46. The Morgan fingerprint density at radius 2 is 1.95 bits per heavy atom. The normalized spacial score (nSPS) is 29.0. The predicted octanol–water partition coefficient (Wildman–Crippen LogP) is 3.11. The maximum atomic E-state index is 12.7. The van der Waals surface area contributed by atoms with Crippen molar-refractivity contribution < 1.29 is 9.53 Å². The van der Waals surface area contributed by atoms with Crippen LogP contribution in [0.3, 0.4) is 0 Å². The standard InChI is InChI=1S/C17H23NO2/c1-11-8-12(6-7-16(11)20-2)17(19)13-9-14-4-3-5-15(10-13)18-14/h6-8,13-15,18H,3-5,9-10H2,1-2H3. The number of hydrogen-bond donors (Lipinski definition) is 1. The van der Waals surface area contributed by atoms with E-state index in [1.165, 1.54) is 19.3 Å². The van der Waals surface area contributed by atoms with Gasteiger partial charge in [-0.3, -0.25) is 4.79 Å². The van der Waals surface area contributed by atoms with Crippen LogP contribution >= 0.6 is 0 Å². The highest BCUT2D eigenvalue weighted by molar-refractivity contribution is 5.98. The summed E-state index contributed by atoms with van der Waals surface area (Å²) in [7, 11) is 1.66. The Labute approximate surface area is 120 Å². The molecule has 1 aromatic rings. The lowest BCUT2D eigenvalue weighted by Gasteiger charge is -2.39. The van der Waals surface area contributed by atoms with Crippen molar-refractivity contribution in [2.24, 2.45) is 5.92 Å². The van der Waals surface area contributed by atoms with Gasteiger partial charge < -0.3 is 10.1 Å². The van der Waals surface area contributed by atoms with Crippen LogP contribution in [0.1, 0.15) is 48.0 Å². The minimum absolute atomic E-state index is 0.194. The molecule has 1 aromatic carbocycles. The summed E-state index contributed by atoms with van der Waals surface area (Å²) in [6, 6.07) is 6.89. The van der Waals surface area contributed by atoms with Crippen molar-refractivity contribution >= 4 is 5.78 Å². The average molecular weight is 273 g/mol. The second-order valence-electron chi connectivity index (χ2n) is 6.21. The molecule has 2 unspecified atom stereocenters. The Kier molecular flexibility index (Phi) is 3.79. The second kappa shape index (κ2) is 5.57. The third kappa shape index (κ3) is 2.59. The molecule has 0 aromatic heterocycles. The molecule has 108 valence electrons. The summed E-state index contributed by atoms with van der Waals surface area (Å²) in [5.41, 5.74) is 1.88. The van der Waals surface area contributed by atoms with Crippen LogP contribution in [0.5, 0.6) is 5.75 Å². The number of carbonyl (C=O) groups excluding carboxylic acids is 1. The van der Waals surface area contributed by atoms with E-state index in [1.54, 1.807) is 7.11 Å². The number of fused-ring (bicyclic) bond motifs is 2. The van der Waals surface area contributed by atoms with E-state index >= 15 is 0 Å². The van der Waals surface area contributed by atoms with Crippen LogP contribution < -0.4 is 10.1 Å². The lowest BCUT2D eigenvalue weighted by Crippen LogP contribution is -2.50. The summed E-state index contributed by atoms with van der Waals surface area (Å²) in [6.45, 7) is 1.99. The zero-order chi connectivity index (χ0) is 14.1. The van der Waals surface area contributed by atoms with E-state index in [0.29, 0.717) is 17.9 Å². The summed E-state index contributed by atoms with van der Waals surface area (Å²) < 4.78 is 5.26. The van der Waals surface area contributed by atoms with Crippen LogP contribution in [0.25, 0.3) is 0 Å². The van der Waals surface area contributed by atoms with E-state index in [2.05, 4.69) is 5.32 Å². The van der Waals surface area contributed by atoms with Gasteiger partial charge in [0.15, 0.2) is 5.78 Å². The number of benzene rings is 1. The molecule has 2 heterocycles. The zero-order valence-corrected chi connectivity index (χ0v) is 12.3. The van der Waals surface area contributed by atoms with Gasteiger partial charge in [-0.15, -0.1) is 0 Å². The number of piperidine rings is 2. The number of rotatable bonds is 3. The maximum absolute atomic E-state index is 12.7. The zero-order valence-electron chi connectivity index (χ0n) is 12.3. The predicted molar refractivity (Wildman–Crippen MR) is 79.3 cm³/mol. The van der Waals surface area contributed by atoms with Crippen LogP contribution in [0, 0.1) is 12.8 Å². The molecule has 0 amide bonds. The third-order valence-corrected chi connectivity index (χ3v) is 4.76. The van der Waals surface area contributed by atoms with Crippen LogP contribution in [-0.4, -0.2) is 25.0 Å². The molecule has 3 nitrogen and oxygen atoms in total. The molecule has 3 heteroatoms. The summed E-state index contributed by atoms with van der Waals surface area (Å²) in [4.78, 5) is 12.7. The van der Waals surface area contributed by atoms with Crippen molar-refractivity contribution in [3.05, 3.63) is 29.3 Å². The van der Waals surface area contributed by atoms with E-state index in [1.807, 2.05) is 25.1 Å². The third-order valence-electron chi connectivity index (χ3n) is 4.76. The maximum Gasteiger partial charge on any atom is 0.166 e. The highest BCUT2D eigenvalue weighted by Crippen LogP contribution is 2.32. The Balaban J connectivity index is 1.77. The van der Waals surface area contributed by atoms with Crippen LogP contribution in [0.15, 0.2) is 18.2 Å². The molecule has 2 fully saturated rings. The molecule has 1 N–H and O–H groups in total. The van der Waals surface area contributed by atoms with Crippen molar-refractivity contribution in [3.8, 4) is 5.75 Å². The Morgan fingerprint density at radius 1 is 1.25 bits per heavy atom. The van der Waals surface area contributed by atoms with Gasteiger partial charge in [-0.2, -0.15) is 0 Å². The first-order valence-electron chi connectivity index (χ1n) is 7.62. The van der Waals surface area contributed by atoms with Crippen molar-refractivity contribution in [3.63, 3.8) is 0 Å². The smallest absolute Gasteiger partial charge is 0.166 e.